The van der Waals surface area contributed by atoms with Crippen LogP contribution in [0.3, 0.4) is 0 Å². The van der Waals surface area contributed by atoms with E-state index >= 15 is 0 Å². The van der Waals surface area contributed by atoms with Crippen molar-refractivity contribution in [2.75, 3.05) is 26.9 Å². The predicted molar refractivity (Wildman–Crippen MR) is 165 cm³/mol. The van der Waals surface area contributed by atoms with E-state index in [2.05, 4.69) is 20.4 Å². The van der Waals surface area contributed by atoms with E-state index in [4.69, 9.17) is 33.2 Å². The predicted octanol–water partition coefficient (Wildman–Crippen LogP) is 4.95. The molecule has 9 heteroatoms. The maximum absolute atomic E-state index is 10.8. The molecule has 248 valence electrons. The normalized spacial score (nSPS) is 37.8. The van der Waals surface area contributed by atoms with Crippen molar-refractivity contribution in [3.63, 3.8) is 0 Å². The topological polar surface area (TPSA) is 105 Å². The van der Waals surface area contributed by atoms with E-state index in [9.17, 15) is 10.2 Å². The molecule has 0 amide bonds. The van der Waals surface area contributed by atoms with E-state index < -0.39 is 12.2 Å². The first kappa shape index (κ1) is 33.8. The number of hydrogen-bond acceptors (Lipinski definition) is 9. The minimum Gasteiger partial charge on any atom is -0.497 e. The Morgan fingerprint density at radius 1 is 0.977 bits per heavy atom. The molecule has 1 aromatic carbocycles. The zero-order chi connectivity index (χ0) is 31.1. The highest BCUT2D eigenvalue weighted by molar-refractivity contribution is 5.26. The Balaban J connectivity index is 1.24. The number of aliphatic hydroxyl groups is 2. The minimum atomic E-state index is -0.681. The molecule has 1 aromatic rings. The van der Waals surface area contributed by atoms with Crippen LogP contribution in [0, 0.1) is 11.8 Å². The third-order valence-electron chi connectivity index (χ3n) is 9.95. The van der Waals surface area contributed by atoms with E-state index in [-0.39, 0.29) is 55.4 Å². The molecule has 0 saturated carbocycles. The molecule has 0 radical (unpaired) electrons. The summed E-state index contributed by atoms with van der Waals surface area (Å²) in [6.45, 7) is 10.7. The molecular weight excluding hydrogens is 564 g/mol. The van der Waals surface area contributed by atoms with Gasteiger partial charge in [-0.25, -0.2) is 0 Å². The van der Waals surface area contributed by atoms with Gasteiger partial charge in [-0.1, -0.05) is 32.6 Å². The summed E-state index contributed by atoms with van der Waals surface area (Å²) >= 11 is 0. The lowest BCUT2D eigenvalue weighted by Crippen LogP contribution is -2.61. The van der Waals surface area contributed by atoms with Crippen LogP contribution in [0.15, 0.2) is 36.4 Å². The van der Waals surface area contributed by atoms with E-state index in [1.54, 1.807) is 7.11 Å². The highest BCUT2D eigenvalue weighted by Crippen LogP contribution is 2.41. The first-order valence-corrected chi connectivity index (χ1v) is 16.8. The van der Waals surface area contributed by atoms with Gasteiger partial charge in [0.15, 0.2) is 6.29 Å². The maximum atomic E-state index is 10.8. The standard InChI is InChI=1S/C35H54O9/c1-22-18-27(8-7-17-40-33-9-5-6-16-39-33)42-30(23(22)2)20-32-34(41-21-25-10-12-26(38-4)13-11-25)24(3)35-31(43-32)19-28(37)29(44-35)14-15-36/h10-13,22,24,27-37H,2,5-9,14-21H2,1,3-4H3/t22-,24-,27+,28-,29-,30?,31+,32+,33?,34-,35+/m1/s1. The minimum absolute atomic E-state index is 0.00919. The molecule has 9 nitrogen and oxygen atoms in total. The van der Waals surface area contributed by atoms with Crippen molar-refractivity contribution in [3.8, 4) is 5.75 Å². The van der Waals surface area contributed by atoms with Crippen LogP contribution in [0.2, 0.25) is 0 Å². The maximum Gasteiger partial charge on any atom is 0.157 e. The highest BCUT2D eigenvalue weighted by Gasteiger charge is 2.50. The van der Waals surface area contributed by atoms with Crippen LogP contribution in [0.4, 0.5) is 0 Å². The molecular formula is C35H54O9. The Bertz CT molecular complexity index is 1010. The van der Waals surface area contributed by atoms with Gasteiger partial charge in [0.2, 0.25) is 0 Å². The van der Waals surface area contributed by atoms with E-state index in [1.807, 2.05) is 24.3 Å². The van der Waals surface area contributed by atoms with Crippen molar-refractivity contribution >= 4 is 0 Å². The number of fused-ring (bicyclic) bond motifs is 1. The van der Waals surface area contributed by atoms with Crippen LogP contribution in [0.1, 0.15) is 77.2 Å². The van der Waals surface area contributed by atoms with Gasteiger partial charge in [-0.05, 0) is 74.1 Å². The first-order valence-electron chi connectivity index (χ1n) is 16.8. The fourth-order valence-electron chi connectivity index (χ4n) is 7.29. The van der Waals surface area contributed by atoms with Crippen molar-refractivity contribution in [2.45, 2.75) is 133 Å². The molecule has 4 aliphatic rings. The van der Waals surface area contributed by atoms with Gasteiger partial charge in [-0.3, -0.25) is 0 Å². The molecule has 5 rings (SSSR count). The van der Waals surface area contributed by atoms with Crippen LogP contribution in [0.25, 0.3) is 0 Å². The molecule has 0 aliphatic carbocycles. The fraction of sp³-hybridized carbons (Fsp3) is 0.771. The second-order valence-electron chi connectivity index (χ2n) is 13.2. The SMILES string of the molecule is C=C1C(C[C@@H]2O[C@H]3C[C@@H](O)[C@@H](CCO)O[C@H]3[C@H](C)[C@H]2OCc2ccc(OC)cc2)O[C@@H](CCCOC2CCCCO2)C[C@H]1C. The summed E-state index contributed by atoms with van der Waals surface area (Å²) < 4.78 is 43.4. The van der Waals surface area contributed by atoms with Gasteiger partial charge >= 0.3 is 0 Å². The van der Waals surface area contributed by atoms with Gasteiger partial charge in [-0.2, -0.15) is 0 Å². The second-order valence-corrected chi connectivity index (χ2v) is 13.2. The summed E-state index contributed by atoms with van der Waals surface area (Å²) in [5, 5.41) is 20.3. The summed E-state index contributed by atoms with van der Waals surface area (Å²) in [6.07, 6.45) is 5.38. The number of hydrogen-bond donors (Lipinski definition) is 2. The summed E-state index contributed by atoms with van der Waals surface area (Å²) in [5.74, 6) is 1.15. The molecule has 0 spiro atoms. The zero-order valence-corrected chi connectivity index (χ0v) is 26.8. The third-order valence-corrected chi connectivity index (χ3v) is 9.95. The highest BCUT2D eigenvalue weighted by atomic mass is 16.7. The molecule has 44 heavy (non-hydrogen) atoms. The average molecular weight is 619 g/mol. The van der Waals surface area contributed by atoms with Crippen molar-refractivity contribution in [2.24, 2.45) is 11.8 Å². The van der Waals surface area contributed by atoms with Crippen molar-refractivity contribution in [1.82, 2.24) is 0 Å². The van der Waals surface area contributed by atoms with Gasteiger partial charge in [0.25, 0.3) is 0 Å². The summed E-state index contributed by atoms with van der Waals surface area (Å²) in [4.78, 5) is 0. The Morgan fingerprint density at radius 2 is 1.80 bits per heavy atom. The van der Waals surface area contributed by atoms with Gasteiger partial charge in [-0.15, -0.1) is 0 Å². The monoisotopic (exact) mass is 618 g/mol. The number of benzene rings is 1. The van der Waals surface area contributed by atoms with Crippen molar-refractivity contribution in [1.29, 1.82) is 0 Å². The van der Waals surface area contributed by atoms with Crippen LogP contribution >= 0.6 is 0 Å². The Morgan fingerprint density at radius 3 is 2.52 bits per heavy atom. The lowest BCUT2D eigenvalue weighted by Gasteiger charge is -2.51. The van der Waals surface area contributed by atoms with Crippen LogP contribution in [0.5, 0.6) is 5.75 Å². The molecule has 11 atom stereocenters. The molecule has 4 heterocycles. The molecule has 4 saturated heterocycles. The van der Waals surface area contributed by atoms with Crippen LogP contribution < -0.4 is 4.74 Å². The van der Waals surface area contributed by atoms with Gasteiger partial charge in [0, 0.05) is 38.6 Å². The molecule has 4 aliphatic heterocycles. The lowest BCUT2D eigenvalue weighted by atomic mass is 9.79. The average Bonchev–Trinajstić information content (AvgIpc) is 3.03. The largest absolute Gasteiger partial charge is 0.497 e. The first-order chi connectivity index (χ1) is 21.4. The van der Waals surface area contributed by atoms with E-state index in [1.165, 1.54) is 6.42 Å². The van der Waals surface area contributed by atoms with Gasteiger partial charge < -0.3 is 43.4 Å². The number of aliphatic hydroxyl groups excluding tert-OH is 2. The summed E-state index contributed by atoms with van der Waals surface area (Å²) in [6, 6.07) is 7.90. The Kier molecular flexibility index (Phi) is 12.5. The smallest absolute Gasteiger partial charge is 0.157 e. The van der Waals surface area contributed by atoms with Gasteiger partial charge in [0.1, 0.15) is 5.75 Å². The number of methoxy groups -OCH3 is 1. The fourth-order valence-corrected chi connectivity index (χ4v) is 7.29. The van der Waals surface area contributed by atoms with Crippen molar-refractivity contribution in [3.05, 3.63) is 42.0 Å². The molecule has 2 N–H and O–H groups in total. The van der Waals surface area contributed by atoms with Crippen LogP contribution in [-0.4, -0.2) is 92.3 Å². The number of rotatable bonds is 13. The zero-order valence-electron chi connectivity index (χ0n) is 26.8. The van der Waals surface area contributed by atoms with E-state index in [0.29, 0.717) is 38.4 Å². The second kappa shape index (κ2) is 16.3. The molecule has 0 aromatic heterocycles. The molecule has 4 fully saturated rings. The van der Waals surface area contributed by atoms with Crippen LogP contribution in [-0.2, 0) is 35.0 Å². The van der Waals surface area contributed by atoms with E-state index in [0.717, 1.165) is 55.6 Å². The van der Waals surface area contributed by atoms with Crippen molar-refractivity contribution < 1.29 is 43.4 Å². The lowest BCUT2D eigenvalue weighted by molar-refractivity contribution is -0.277. The molecule has 0 bridgehead atoms. The summed E-state index contributed by atoms with van der Waals surface area (Å²) in [5.41, 5.74) is 2.15. The quantitative estimate of drug-likeness (QED) is 0.235. The Hall–Kier alpha value is -1.56. The Labute approximate surface area is 263 Å². The third kappa shape index (κ3) is 8.62. The number of ether oxygens (including phenoxy) is 7. The van der Waals surface area contributed by atoms with Gasteiger partial charge in [0.05, 0.1) is 62.5 Å². The summed E-state index contributed by atoms with van der Waals surface area (Å²) in [7, 11) is 1.66. The molecule has 2 unspecified atom stereocenters.